The Balaban J connectivity index is 2.23. The molecule has 0 bridgehead atoms. The Hall–Kier alpha value is -1.82. The van der Waals surface area contributed by atoms with Gasteiger partial charge in [-0.3, -0.25) is 4.98 Å². The molecule has 1 atom stereocenters. The third-order valence-electron chi connectivity index (χ3n) is 2.80. The Bertz CT molecular complexity index is 626. The van der Waals surface area contributed by atoms with E-state index < -0.39 is 23.6 Å². The summed E-state index contributed by atoms with van der Waals surface area (Å²) in [5, 5.41) is 2.84. The van der Waals surface area contributed by atoms with Crippen LogP contribution in [0.4, 0.5) is 23.2 Å². The van der Waals surface area contributed by atoms with Gasteiger partial charge < -0.3 is 5.32 Å². The Morgan fingerprint density at radius 1 is 1.19 bits per heavy atom. The van der Waals surface area contributed by atoms with Gasteiger partial charge in [0.15, 0.2) is 0 Å². The molecular formula is C14H11ClF4N2. The summed E-state index contributed by atoms with van der Waals surface area (Å²) >= 11 is 5.70. The minimum atomic E-state index is -4.47. The minimum Gasteiger partial charge on any atom is -0.377 e. The molecule has 0 spiro atoms. The third-order valence-corrected chi connectivity index (χ3v) is 3.02. The van der Waals surface area contributed by atoms with E-state index in [1.54, 1.807) is 6.92 Å². The first-order valence-corrected chi connectivity index (χ1v) is 6.39. The van der Waals surface area contributed by atoms with Gasteiger partial charge in [-0.1, -0.05) is 11.6 Å². The van der Waals surface area contributed by atoms with Crippen molar-refractivity contribution < 1.29 is 17.6 Å². The second kappa shape index (κ2) is 5.89. The van der Waals surface area contributed by atoms with Gasteiger partial charge in [-0.15, -0.1) is 0 Å². The van der Waals surface area contributed by atoms with Gasteiger partial charge in [-0.2, -0.15) is 13.2 Å². The summed E-state index contributed by atoms with van der Waals surface area (Å²) in [4.78, 5) is 3.88. The lowest BCUT2D eigenvalue weighted by molar-refractivity contribution is -0.137. The predicted octanol–water partition coefficient (Wildman–Crippen LogP) is 5.07. The van der Waals surface area contributed by atoms with Gasteiger partial charge in [0.05, 0.1) is 23.5 Å². The van der Waals surface area contributed by atoms with Gasteiger partial charge in [0.1, 0.15) is 5.82 Å². The SMILES string of the molecule is CC(Nc1cc(Cl)cc(C(F)(F)F)c1)c1ccc(F)cn1. The van der Waals surface area contributed by atoms with Crippen LogP contribution in [0, 0.1) is 5.82 Å². The summed E-state index contributed by atoms with van der Waals surface area (Å²) in [5.41, 5.74) is -0.116. The minimum absolute atomic E-state index is 0.0217. The molecule has 7 heteroatoms. The van der Waals surface area contributed by atoms with Crippen LogP contribution in [-0.2, 0) is 6.18 Å². The van der Waals surface area contributed by atoms with Crippen molar-refractivity contribution in [3.05, 3.63) is 58.6 Å². The Morgan fingerprint density at radius 2 is 1.90 bits per heavy atom. The first-order valence-electron chi connectivity index (χ1n) is 6.01. The zero-order valence-corrected chi connectivity index (χ0v) is 11.6. The van der Waals surface area contributed by atoms with Crippen molar-refractivity contribution in [3.63, 3.8) is 0 Å². The third kappa shape index (κ3) is 4.07. The predicted molar refractivity (Wildman–Crippen MR) is 72.7 cm³/mol. The molecule has 1 unspecified atom stereocenters. The smallest absolute Gasteiger partial charge is 0.377 e. The van der Waals surface area contributed by atoms with Gasteiger partial charge >= 0.3 is 6.18 Å². The van der Waals surface area contributed by atoms with Crippen LogP contribution in [0.1, 0.15) is 24.2 Å². The Morgan fingerprint density at radius 3 is 2.48 bits per heavy atom. The van der Waals surface area contributed by atoms with Crippen molar-refractivity contribution in [1.29, 1.82) is 0 Å². The standard InChI is InChI=1S/C14H11ClF4N2/c1-8(13-3-2-11(16)7-20-13)21-12-5-9(14(17,18)19)4-10(15)6-12/h2-8,21H,1H3. The van der Waals surface area contributed by atoms with Crippen molar-refractivity contribution in [2.45, 2.75) is 19.1 Å². The molecule has 0 saturated carbocycles. The quantitative estimate of drug-likeness (QED) is 0.800. The zero-order valence-electron chi connectivity index (χ0n) is 10.9. The van der Waals surface area contributed by atoms with E-state index in [1.807, 2.05) is 0 Å². The molecule has 2 aromatic rings. The highest BCUT2D eigenvalue weighted by molar-refractivity contribution is 6.30. The molecule has 0 fully saturated rings. The second-order valence-electron chi connectivity index (χ2n) is 4.49. The highest BCUT2D eigenvalue weighted by atomic mass is 35.5. The summed E-state index contributed by atoms with van der Waals surface area (Å²) in [5.74, 6) is -0.479. The molecule has 2 nitrogen and oxygen atoms in total. The second-order valence-corrected chi connectivity index (χ2v) is 4.93. The number of hydrogen-bond acceptors (Lipinski definition) is 2. The Kier molecular flexibility index (Phi) is 4.37. The number of anilines is 1. The summed E-state index contributed by atoms with van der Waals surface area (Å²) in [6.07, 6.45) is -3.43. The number of pyridine rings is 1. The molecule has 21 heavy (non-hydrogen) atoms. The molecule has 0 aliphatic rings. The van der Waals surface area contributed by atoms with Crippen molar-refractivity contribution in [1.82, 2.24) is 4.98 Å². The molecule has 0 radical (unpaired) electrons. The fourth-order valence-corrected chi connectivity index (χ4v) is 2.04. The normalized spacial score (nSPS) is 13.0. The van der Waals surface area contributed by atoms with E-state index in [2.05, 4.69) is 10.3 Å². The molecule has 0 aliphatic carbocycles. The molecule has 1 aromatic carbocycles. The molecule has 2 rings (SSSR count). The maximum Gasteiger partial charge on any atom is 0.416 e. The summed E-state index contributed by atoms with van der Waals surface area (Å²) < 4.78 is 50.9. The number of nitrogens with zero attached hydrogens (tertiary/aromatic N) is 1. The van der Waals surface area contributed by atoms with E-state index >= 15 is 0 Å². The fraction of sp³-hybridized carbons (Fsp3) is 0.214. The van der Waals surface area contributed by atoms with Crippen LogP contribution in [0.25, 0.3) is 0 Å². The van der Waals surface area contributed by atoms with Crippen LogP contribution in [0.5, 0.6) is 0 Å². The van der Waals surface area contributed by atoms with Crippen LogP contribution in [0.15, 0.2) is 36.5 Å². The number of rotatable bonds is 3. The number of alkyl halides is 3. The van der Waals surface area contributed by atoms with E-state index in [4.69, 9.17) is 11.6 Å². The average molecular weight is 319 g/mol. The van der Waals surface area contributed by atoms with Crippen molar-refractivity contribution in [3.8, 4) is 0 Å². The highest BCUT2D eigenvalue weighted by Gasteiger charge is 2.31. The van der Waals surface area contributed by atoms with Gasteiger partial charge in [-0.25, -0.2) is 4.39 Å². The summed E-state index contributed by atoms with van der Waals surface area (Å²) in [7, 11) is 0. The molecule has 1 aromatic heterocycles. The average Bonchev–Trinajstić information content (AvgIpc) is 2.37. The lowest BCUT2D eigenvalue weighted by Crippen LogP contribution is -2.10. The highest BCUT2D eigenvalue weighted by Crippen LogP contribution is 2.34. The van der Waals surface area contributed by atoms with E-state index in [-0.39, 0.29) is 10.7 Å². The van der Waals surface area contributed by atoms with Gasteiger partial charge in [-0.05, 0) is 37.3 Å². The summed E-state index contributed by atoms with van der Waals surface area (Å²) in [6, 6.07) is 5.50. The van der Waals surface area contributed by atoms with Crippen molar-refractivity contribution in [2.24, 2.45) is 0 Å². The summed E-state index contributed by atoms with van der Waals surface area (Å²) in [6.45, 7) is 1.70. The van der Waals surface area contributed by atoms with Crippen LogP contribution < -0.4 is 5.32 Å². The van der Waals surface area contributed by atoms with E-state index in [0.717, 1.165) is 18.3 Å². The van der Waals surface area contributed by atoms with Gasteiger partial charge in [0.25, 0.3) is 0 Å². The maximum absolute atomic E-state index is 12.8. The topological polar surface area (TPSA) is 24.9 Å². The molecule has 0 aliphatic heterocycles. The lowest BCUT2D eigenvalue weighted by atomic mass is 10.1. The number of aromatic nitrogens is 1. The largest absolute Gasteiger partial charge is 0.416 e. The van der Waals surface area contributed by atoms with Gasteiger partial charge in [0.2, 0.25) is 0 Å². The molecule has 1 N–H and O–H groups in total. The van der Waals surface area contributed by atoms with Crippen molar-refractivity contribution >= 4 is 17.3 Å². The van der Waals surface area contributed by atoms with E-state index in [1.165, 1.54) is 18.2 Å². The number of hydrogen-bond donors (Lipinski definition) is 1. The van der Waals surface area contributed by atoms with Crippen LogP contribution in [0.3, 0.4) is 0 Å². The van der Waals surface area contributed by atoms with Gasteiger partial charge in [0, 0.05) is 10.7 Å². The van der Waals surface area contributed by atoms with Crippen LogP contribution >= 0.6 is 11.6 Å². The molecule has 0 saturated heterocycles. The van der Waals surface area contributed by atoms with E-state index in [0.29, 0.717) is 5.69 Å². The monoisotopic (exact) mass is 318 g/mol. The molecule has 112 valence electrons. The zero-order chi connectivity index (χ0) is 15.6. The van der Waals surface area contributed by atoms with E-state index in [9.17, 15) is 17.6 Å². The fourth-order valence-electron chi connectivity index (χ4n) is 1.80. The van der Waals surface area contributed by atoms with Crippen LogP contribution in [0.2, 0.25) is 5.02 Å². The number of halogens is 5. The lowest BCUT2D eigenvalue weighted by Gasteiger charge is -2.16. The number of nitrogens with one attached hydrogen (secondary N) is 1. The molecular weight excluding hydrogens is 308 g/mol. The molecule has 0 amide bonds. The molecule has 1 heterocycles. The number of benzene rings is 1. The Labute approximate surface area is 123 Å². The van der Waals surface area contributed by atoms with Crippen LogP contribution in [-0.4, -0.2) is 4.98 Å². The first-order chi connectivity index (χ1) is 9.75. The first kappa shape index (κ1) is 15.6. The van der Waals surface area contributed by atoms with Crippen molar-refractivity contribution in [2.75, 3.05) is 5.32 Å². The maximum atomic E-state index is 12.8.